The number of unbranched alkanes of at least 4 members (excludes halogenated alkanes) is 5. The first-order valence-corrected chi connectivity index (χ1v) is 15.0. The van der Waals surface area contributed by atoms with E-state index in [0.29, 0.717) is 0 Å². The summed E-state index contributed by atoms with van der Waals surface area (Å²) in [6, 6.07) is 9.16. The van der Waals surface area contributed by atoms with E-state index in [1.807, 2.05) is 0 Å². The Kier molecular flexibility index (Phi) is 12.8. The molecular weight excluding hydrogens is 400 g/mol. The molecule has 0 unspecified atom stereocenters. The molecule has 0 radical (unpaired) electrons. The first-order chi connectivity index (χ1) is 16.3. The summed E-state index contributed by atoms with van der Waals surface area (Å²) in [5.74, 6) is 4.84. The molecule has 0 amide bonds. The molecule has 2 saturated carbocycles. The summed E-state index contributed by atoms with van der Waals surface area (Å²) in [6.07, 6.45) is 27.0. The lowest BCUT2D eigenvalue weighted by Crippen LogP contribution is -2.15. The Hall–Kier alpha value is -0.980. The summed E-state index contributed by atoms with van der Waals surface area (Å²) in [7, 11) is 0. The van der Waals surface area contributed by atoms with E-state index < -0.39 is 0 Å². The SMILES string of the molecule is CCCCCCC[C@H]1CC[C@H](c2ccc(OCCC[C@H]3CC[C@H](CCCC)CC3)cc2)CC1. The second-order valence-corrected chi connectivity index (χ2v) is 11.5. The van der Waals surface area contributed by atoms with Crippen molar-refractivity contribution in [1.29, 1.82) is 0 Å². The maximum atomic E-state index is 6.10. The van der Waals surface area contributed by atoms with Crippen LogP contribution in [0.5, 0.6) is 5.75 Å². The Balaban J connectivity index is 1.25. The number of benzene rings is 1. The summed E-state index contributed by atoms with van der Waals surface area (Å²) in [6.45, 7) is 5.51. The topological polar surface area (TPSA) is 9.23 Å². The Bertz CT molecular complexity index is 589. The van der Waals surface area contributed by atoms with Gasteiger partial charge in [-0.3, -0.25) is 0 Å². The van der Waals surface area contributed by atoms with Crippen LogP contribution in [0.15, 0.2) is 24.3 Å². The third-order valence-corrected chi connectivity index (χ3v) is 8.87. The van der Waals surface area contributed by atoms with Gasteiger partial charge >= 0.3 is 0 Å². The van der Waals surface area contributed by atoms with E-state index in [0.717, 1.165) is 36.0 Å². The van der Waals surface area contributed by atoms with E-state index in [1.165, 1.54) is 122 Å². The lowest BCUT2D eigenvalue weighted by molar-refractivity contribution is 0.228. The molecule has 0 bridgehead atoms. The van der Waals surface area contributed by atoms with Crippen molar-refractivity contribution in [2.24, 2.45) is 17.8 Å². The van der Waals surface area contributed by atoms with Crippen LogP contribution in [0.3, 0.4) is 0 Å². The molecule has 0 aliphatic heterocycles. The average Bonchev–Trinajstić information content (AvgIpc) is 2.87. The van der Waals surface area contributed by atoms with E-state index in [4.69, 9.17) is 4.74 Å². The van der Waals surface area contributed by atoms with Crippen molar-refractivity contribution in [3.63, 3.8) is 0 Å². The van der Waals surface area contributed by atoms with Crippen molar-refractivity contribution in [3.8, 4) is 5.75 Å². The molecule has 188 valence electrons. The molecule has 2 fully saturated rings. The van der Waals surface area contributed by atoms with E-state index in [-0.39, 0.29) is 0 Å². The Morgan fingerprint density at radius 2 is 1.09 bits per heavy atom. The monoisotopic (exact) mass is 454 g/mol. The molecule has 1 heteroatoms. The Morgan fingerprint density at radius 1 is 0.576 bits per heavy atom. The van der Waals surface area contributed by atoms with Crippen LogP contribution >= 0.6 is 0 Å². The first kappa shape index (κ1) is 26.6. The minimum Gasteiger partial charge on any atom is -0.494 e. The predicted molar refractivity (Wildman–Crippen MR) is 144 cm³/mol. The fourth-order valence-corrected chi connectivity index (χ4v) is 6.52. The van der Waals surface area contributed by atoms with Crippen molar-refractivity contribution < 1.29 is 4.74 Å². The number of hydrogen-bond acceptors (Lipinski definition) is 1. The van der Waals surface area contributed by atoms with Gasteiger partial charge in [-0.15, -0.1) is 0 Å². The van der Waals surface area contributed by atoms with E-state index in [9.17, 15) is 0 Å². The molecule has 1 aromatic carbocycles. The molecule has 1 nitrogen and oxygen atoms in total. The molecule has 0 N–H and O–H groups in total. The van der Waals surface area contributed by atoms with Crippen molar-refractivity contribution >= 4 is 0 Å². The predicted octanol–water partition coefficient (Wildman–Crippen LogP) is 10.5. The third-order valence-electron chi connectivity index (χ3n) is 8.87. The molecule has 0 atom stereocenters. The average molecular weight is 455 g/mol. The van der Waals surface area contributed by atoms with Gasteiger partial charge in [-0.1, -0.05) is 109 Å². The molecule has 2 aliphatic rings. The fourth-order valence-electron chi connectivity index (χ4n) is 6.52. The van der Waals surface area contributed by atoms with Crippen LogP contribution in [-0.2, 0) is 0 Å². The summed E-state index contributed by atoms with van der Waals surface area (Å²) in [5, 5.41) is 0. The molecule has 0 heterocycles. The lowest BCUT2D eigenvalue weighted by Gasteiger charge is -2.29. The molecule has 0 spiro atoms. The molecule has 0 saturated heterocycles. The molecule has 1 aromatic rings. The van der Waals surface area contributed by atoms with Gasteiger partial charge in [0, 0.05) is 0 Å². The van der Waals surface area contributed by atoms with Crippen LogP contribution in [0.1, 0.15) is 147 Å². The highest BCUT2D eigenvalue weighted by Crippen LogP contribution is 2.38. The van der Waals surface area contributed by atoms with Crippen molar-refractivity contribution in [3.05, 3.63) is 29.8 Å². The van der Waals surface area contributed by atoms with Crippen LogP contribution < -0.4 is 4.74 Å². The second kappa shape index (κ2) is 15.8. The zero-order valence-corrected chi connectivity index (χ0v) is 22.2. The Morgan fingerprint density at radius 3 is 1.70 bits per heavy atom. The summed E-state index contributed by atoms with van der Waals surface area (Å²) in [5.41, 5.74) is 1.54. The summed E-state index contributed by atoms with van der Waals surface area (Å²) >= 11 is 0. The van der Waals surface area contributed by atoms with Gasteiger partial charge in [0.15, 0.2) is 0 Å². The van der Waals surface area contributed by atoms with Gasteiger partial charge in [0.2, 0.25) is 0 Å². The van der Waals surface area contributed by atoms with Crippen molar-refractivity contribution in [2.75, 3.05) is 6.61 Å². The van der Waals surface area contributed by atoms with Gasteiger partial charge < -0.3 is 4.74 Å². The highest BCUT2D eigenvalue weighted by molar-refractivity contribution is 5.29. The maximum Gasteiger partial charge on any atom is 0.119 e. The maximum absolute atomic E-state index is 6.10. The van der Waals surface area contributed by atoms with Gasteiger partial charge in [-0.05, 0) is 79.9 Å². The smallest absolute Gasteiger partial charge is 0.119 e. The van der Waals surface area contributed by atoms with Gasteiger partial charge in [-0.25, -0.2) is 0 Å². The fraction of sp³-hybridized carbons (Fsp3) is 0.812. The molecule has 2 aliphatic carbocycles. The van der Waals surface area contributed by atoms with E-state index >= 15 is 0 Å². The van der Waals surface area contributed by atoms with Crippen molar-refractivity contribution in [1.82, 2.24) is 0 Å². The zero-order valence-electron chi connectivity index (χ0n) is 22.2. The molecule has 3 rings (SSSR count). The van der Waals surface area contributed by atoms with Crippen LogP contribution in [0.4, 0.5) is 0 Å². The van der Waals surface area contributed by atoms with Gasteiger partial charge in [0.1, 0.15) is 5.75 Å². The number of ether oxygens (including phenoxy) is 1. The van der Waals surface area contributed by atoms with E-state index in [1.54, 1.807) is 5.56 Å². The van der Waals surface area contributed by atoms with Crippen molar-refractivity contribution in [2.45, 2.75) is 142 Å². The molecular formula is C32H54O. The van der Waals surface area contributed by atoms with Crippen LogP contribution in [-0.4, -0.2) is 6.61 Å². The summed E-state index contributed by atoms with van der Waals surface area (Å²) in [4.78, 5) is 0. The largest absolute Gasteiger partial charge is 0.494 e. The zero-order chi connectivity index (χ0) is 23.1. The summed E-state index contributed by atoms with van der Waals surface area (Å²) < 4.78 is 6.10. The second-order valence-electron chi connectivity index (χ2n) is 11.5. The third kappa shape index (κ3) is 10.0. The standard InChI is InChI=1S/C32H54O/c1-3-5-7-8-9-12-28-18-20-30(21-19-28)31-22-24-32(25-23-31)33-26-10-13-29-16-14-27(15-17-29)11-6-4-2/h22-25,27-30H,3-21,26H2,1-2H3/t27-,28-,29-,30-. The molecule has 33 heavy (non-hydrogen) atoms. The highest BCUT2D eigenvalue weighted by atomic mass is 16.5. The lowest BCUT2D eigenvalue weighted by atomic mass is 9.77. The quantitative estimate of drug-likeness (QED) is 0.239. The van der Waals surface area contributed by atoms with Crippen LogP contribution in [0.2, 0.25) is 0 Å². The van der Waals surface area contributed by atoms with Gasteiger partial charge in [-0.2, -0.15) is 0 Å². The first-order valence-electron chi connectivity index (χ1n) is 15.0. The number of hydrogen-bond donors (Lipinski definition) is 0. The minimum absolute atomic E-state index is 0.780. The minimum atomic E-state index is 0.780. The normalized spacial score (nSPS) is 25.8. The highest BCUT2D eigenvalue weighted by Gasteiger charge is 2.22. The molecule has 0 aromatic heterocycles. The van der Waals surface area contributed by atoms with Gasteiger partial charge in [0.25, 0.3) is 0 Å². The number of rotatable bonds is 15. The van der Waals surface area contributed by atoms with Crippen LogP contribution in [0, 0.1) is 17.8 Å². The Labute approximate surface area is 206 Å². The van der Waals surface area contributed by atoms with Gasteiger partial charge in [0.05, 0.1) is 6.61 Å². The van der Waals surface area contributed by atoms with Crippen LogP contribution in [0.25, 0.3) is 0 Å². The van der Waals surface area contributed by atoms with E-state index in [2.05, 4.69) is 38.1 Å².